The first-order chi connectivity index (χ1) is 21.3. The van der Waals surface area contributed by atoms with Crippen LogP contribution in [-0.4, -0.2) is 85.9 Å². The van der Waals surface area contributed by atoms with Crippen molar-refractivity contribution in [3.05, 3.63) is 60.9 Å². The Hall–Kier alpha value is -4.69. The van der Waals surface area contributed by atoms with Gasteiger partial charge in [-0.1, -0.05) is 0 Å². The van der Waals surface area contributed by atoms with Crippen LogP contribution in [0.1, 0.15) is 18.4 Å². The largest absolute Gasteiger partial charge is 0.484 e. The Labute approximate surface area is 251 Å². The van der Waals surface area contributed by atoms with E-state index in [4.69, 9.17) is 18.9 Å². The summed E-state index contributed by atoms with van der Waals surface area (Å²) in [7, 11) is 1.68. The van der Waals surface area contributed by atoms with E-state index >= 15 is 8.78 Å². The van der Waals surface area contributed by atoms with Crippen molar-refractivity contribution in [2.24, 2.45) is 0 Å². The summed E-state index contributed by atoms with van der Waals surface area (Å²) in [5, 5.41) is 7.82. The van der Waals surface area contributed by atoms with Crippen LogP contribution in [0.3, 0.4) is 0 Å². The monoisotopic (exact) mass is 604 g/mol. The number of anilines is 2. The molecule has 1 N–H and O–H groups in total. The number of nitrogens with one attached hydrogen (secondary N) is 1. The number of hydrogen-bond donors (Lipinski definition) is 1. The van der Waals surface area contributed by atoms with Gasteiger partial charge in [-0.3, -0.25) is 0 Å². The fourth-order valence-corrected chi connectivity index (χ4v) is 5.43. The highest BCUT2D eigenvalue weighted by Gasteiger charge is 2.46. The molecule has 0 spiro atoms. The maximum Gasteiger partial charge on any atom is 0.296 e. The number of piperidine rings is 1. The molecule has 2 fully saturated rings. The number of rotatable bonds is 8. The van der Waals surface area contributed by atoms with E-state index in [2.05, 4.69) is 30.4 Å². The summed E-state index contributed by atoms with van der Waals surface area (Å²) >= 11 is 0. The number of hydrogen-bond acceptors (Lipinski definition) is 11. The smallest absolute Gasteiger partial charge is 0.296 e. The van der Waals surface area contributed by atoms with Crippen LogP contribution in [0.2, 0.25) is 0 Å². The lowest BCUT2D eigenvalue weighted by atomic mass is 10.0. The lowest BCUT2D eigenvalue weighted by Crippen LogP contribution is -2.52. The molecule has 44 heavy (non-hydrogen) atoms. The van der Waals surface area contributed by atoms with Crippen molar-refractivity contribution in [3.63, 3.8) is 0 Å². The van der Waals surface area contributed by atoms with Crippen LogP contribution in [0, 0.1) is 6.92 Å². The van der Waals surface area contributed by atoms with Gasteiger partial charge in [0.15, 0.2) is 23.3 Å². The molecule has 0 bridgehead atoms. The van der Waals surface area contributed by atoms with Gasteiger partial charge >= 0.3 is 0 Å². The Morgan fingerprint density at radius 3 is 2.70 bits per heavy atom. The summed E-state index contributed by atoms with van der Waals surface area (Å²) < 4.78 is 55.8. The Morgan fingerprint density at radius 1 is 1.00 bits per heavy atom. The molecule has 7 rings (SSSR count). The lowest BCUT2D eigenvalue weighted by Gasteiger charge is -2.36. The molecule has 0 saturated carbocycles. The second-order valence-corrected chi connectivity index (χ2v) is 11.0. The van der Waals surface area contributed by atoms with Gasteiger partial charge in [0.05, 0.1) is 30.7 Å². The fourth-order valence-electron chi connectivity index (χ4n) is 5.43. The molecule has 228 valence electrons. The van der Waals surface area contributed by atoms with Crippen LogP contribution in [0.15, 0.2) is 55.4 Å². The number of nitrogens with zero attached hydrogens (tertiary/aromatic N) is 7. The Kier molecular flexibility index (Phi) is 7.30. The van der Waals surface area contributed by atoms with E-state index in [1.165, 1.54) is 19.0 Å². The van der Waals surface area contributed by atoms with Crippen LogP contribution in [-0.2, 0) is 4.74 Å². The second-order valence-electron chi connectivity index (χ2n) is 11.0. The highest BCUT2D eigenvalue weighted by molar-refractivity contribution is 5.97. The molecule has 2 aliphatic heterocycles. The van der Waals surface area contributed by atoms with E-state index in [1.807, 2.05) is 25.1 Å². The number of ether oxygens (including phenoxy) is 4. The highest BCUT2D eigenvalue weighted by atomic mass is 19.3. The average Bonchev–Trinajstić information content (AvgIpc) is 3.69. The number of benzene rings is 2. The predicted octanol–water partition coefficient (Wildman–Crippen LogP) is 4.80. The van der Waals surface area contributed by atoms with Gasteiger partial charge in [-0.15, -0.1) is 0 Å². The summed E-state index contributed by atoms with van der Waals surface area (Å²) in [6.07, 6.45) is 3.67. The minimum atomic E-state index is -3.06. The van der Waals surface area contributed by atoms with Crippen LogP contribution in [0.4, 0.5) is 20.3 Å². The molecule has 2 atom stereocenters. The van der Waals surface area contributed by atoms with Crippen LogP contribution in [0.5, 0.6) is 23.1 Å². The number of aromatic nitrogens is 6. The maximum atomic E-state index is 15.2. The SMILES string of the molecule is Cc1cc(Nc2ncnc3ccc(O[C@H]4CCOC4)c(O[C@@H]4CCN(C)CC4(F)F)c23)ccc1Oc1cc2ncnn2cn1. The summed E-state index contributed by atoms with van der Waals surface area (Å²) in [4.78, 5) is 18.9. The molecule has 14 heteroatoms. The van der Waals surface area contributed by atoms with Gasteiger partial charge in [0.2, 0.25) is 5.88 Å². The minimum Gasteiger partial charge on any atom is -0.484 e. The molecular weight excluding hydrogens is 574 g/mol. The van der Waals surface area contributed by atoms with Crippen molar-refractivity contribution in [2.75, 3.05) is 38.7 Å². The van der Waals surface area contributed by atoms with Crippen molar-refractivity contribution in [3.8, 4) is 23.1 Å². The molecule has 5 heterocycles. The topological polar surface area (TPSA) is 121 Å². The molecule has 0 amide bonds. The van der Waals surface area contributed by atoms with Gasteiger partial charge in [-0.2, -0.15) is 5.10 Å². The van der Waals surface area contributed by atoms with E-state index in [1.54, 1.807) is 34.7 Å². The Bertz CT molecular complexity index is 1810. The van der Waals surface area contributed by atoms with Gasteiger partial charge in [0.25, 0.3) is 5.92 Å². The number of alkyl halides is 2. The zero-order chi connectivity index (χ0) is 30.3. The van der Waals surface area contributed by atoms with Crippen LogP contribution in [0.25, 0.3) is 16.6 Å². The van der Waals surface area contributed by atoms with E-state index in [0.29, 0.717) is 71.6 Å². The normalized spacial score (nSPS) is 20.2. The third kappa shape index (κ3) is 5.65. The maximum absolute atomic E-state index is 15.2. The van der Waals surface area contributed by atoms with Gasteiger partial charge < -0.3 is 29.2 Å². The van der Waals surface area contributed by atoms with Crippen molar-refractivity contribution in [1.29, 1.82) is 0 Å². The van der Waals surface area contributed by atoms with Crippen molar-refractivity contribution in [1.82, 2.24) is 34.4 Å². The van der Waals surface area contributed by atoms with Gasteiger partial charge in [0.1, 0.15) is 36.7 Å². The second kappa shape index (κ2) is 11.4. The van der Waals surface area contributed by atoms with Gasteiger partial charge in [-0.05, 0) is 49.9 Å². The third-order valence-corrected chi connectivity index (χ3v) is 7.69. The van der Waals surface area contributed by atoms with Crippen molar-refractivity contribution in [2.45, 2.75) is 37.9 Å². The molecule has 0 aliphatic carbocycles. The van der Waals surface area contributed by atoms with E-state index in [-0.39, 0.29) is 18.3 Å². The quantitative estimate of drug-likeness (QED) is 0.263. The lowest BCUT2D eigenvalue weighted by molar-refractivity contribution is -0.135. The summed E-state index contributed by atoms with van der Waals surface area (Å²) in [6.45, 7) is 2.97. The first-order valence-electron chi connectivity index (χ1n) is 14.3. The molecule has 3 aromatic heterocycles. The summed E-state index contributed by atoms with van der Waals surface area (Å²) in [6, 6.07) is 10.7. The summed E-state index contributed by atoms with van der Waals surface area (Å²) in [5.74, 6) is -1.17. The molecule has 12 nitrogen and oxygen atoms in total. The summed E-state index contributed by atoms with van der Waals surface area (Å²) in [5.41, 5.74) is 2.66. The van der Waals surface area contributed by atoms with E-state index in [0.717, 1.165) is 5.56 Å². The average molecular weight is 605 g/mol. The van der Waals surface area contributed by atoms with Crippen LogP contribution < -0.4 is 19.5 Å². The predicted molar refractivity (Wildman–Crippen MR) is 156 cm³/mol. The molecular formula is C30H30F2N8O4. The number of likely N-dealkylation sites (tertiary alicyclic amines) is 1. The van der Waals surface area contributed by atoms with Gasteiger partial charge in [0, 0.05) is 31.1 Å². The fraction of sp³-hybridized carbons (Fsp3) is 0.367. The first kappa shape index (κ1) is 28.1. The van der Waals surface area contributed by atoms with E-state index in [9.17, 15) is 0 Å². The zero-order valence-corrected chi connectivity index (χ0v) is 24.1. The zero-order valence-electron chi connectivity index (χ0n) is 24.1. The highest BCUT2D eigenvalue weighted by Crippen LogP contribution is 2.43. The minimum absolute atomic E-state index is 0.155. The van der Waals surface area contributed by atoms with Crippen LogP contribution >= 0.6 is 0 Å². The molecule has 5 aromatic rings. The molecule has 0 unspecified atom stereocenters. The molecule has 2 saturated heterocycles. The molecule has 2 aliphatic rings. The molecule has 0 radical (unpaired) electrons. The first-order valence-corrected chi connectivity index (χ1v) is 14.3. The van der Waals surface area contributed by atoms with E-state index < -0.39 is 18.6 Å². The number of fused-ring (bicyclic) bond motifs is 2. The Morgan fingerprint density at radius 2 is 1.89 bits per heavy atom. The molecule has 2 aromatic carbocycles. The number of aryl methyl sites for hydroxylation is 1. The number of halogens is 2. The van der Waals surface area contributed by atoms with Gasteiger partial charge in [-0.25, -0.2) is 33.2 Å². The van der Waals surface area contributed by atoms with Crippen molar-refractivity contribution >= 4 is 28.1 Å². The van der Waals surface area contributed by atoms with Crippen molar-refractivity contribution < 1.29 is 27.7 Å². The third-order valence-electron chi connectivity index (χ3n) is 7.69. The standard InChI is InChI=1S/C30H30F2N8O4/c1-18-11-19(3-5-22(18)43-26-12-25-34-16-37-40(25)17-36-26)38-29-27-21(33-15-35-29)4-6-23(42-20-8-10-41-13-20)28(27)44-24-7-9-39(2)14-30(24,31)32/h3-6,11-12,15-17,20,24H,7-10,13-14H2,1-2H3,(H,33,35,38)/t20-,24+/m0/s1. The Balaban J connectivity index is 1.22.